The van der Waals surface area contributed by atoms with Crippen molar-refractivity contribution in [3.05, 3.63) is 81.5 Å². The zero-order chi connectivity index (χ0) is 16.9. The molecule has 0 bridgehead atoms. The van der Waals surface area contributed by atoms with Gasteiger partial charge < -0.3 is 4.42 Å². The highest BCUT2D eigenvalue weighted by Crippen LogP contribution is 2.24. The van der Waals surface area contributed by atoms with E-state index in [2.05, 4.69) is 26.5 Å². The van der Waals surface area contributed by atoms with E-state index in [4.69, 9.17) is 16.0 Å². The van der Waals surface area contributed by atoms with Crippen LogP contribution in [0.25, 0.3) is 11.3 Å². The summed E-state index contributed by atoms with van der Waals surface area (Å²) in [7, 11) is 0. The van der Waals surface area contributed by atoms with Gasteiger partial charge in [0.05, 0.1) is 6.21 Å². The number of furan rings is 1. The molecule has 1 heterocycles. The van der Waals surface area contributed by atoms with Crippen molar-refractivity contribution in [2.24, 2.45) is 5.10 Å². The molecule has 2 aromatic carbocycles. The lowest BCUT2D eigenvalue weighted by molar-refractivity contribution is 0.0955. The van der Waals surface area contributed by atoms with Gasteiger partial charge in [-0.25, -0.2) is 5.43 Å². The van der Waals surface area contributed by atoms with E-state index in [1.54, 1.807) is 36.4 Å². The average Bonchev–Trinajstić information content (AvgIpc) is 3.04. The Bertz CT molecular complexity index is 888. The molecule has 0 aliphatic rings. The molecule has 0 saturated carbocycles. The number of nitrogens with zero attached hydrogens (tertiary/aromatic N) is 1. The fourth-order valence-corrected chi connectivity index (χ4v) is 2.49. The average molecular weight is 404 g/mol. The van der Waals surface area contributed by atoms with Crippen LogP contribution in [-0.2, 0) is 0 Å². The molecule has 1 aromatic heterocycles. The van der Waals surface area contributed by atoms with Crippen LogP contribution in [0.2, 0.25) is 5.02 Å². The summed E-state index contributed by atoms with van der Waals surface area (Å²) < 4.78 is 6.57. The van der Waals surface area contributed by atoms with Gasteiger partial charge in [-0.15, -0.1) is 0 Å². The predicted molar refractivity (Wildman–Crippen MR) is 98.4 cm³/mol. The molecule has 0 radical (unpaired) electrons. The SMILES string of the molecule is O=C(N/N=C\c1ccc(-c2cccc(Cl)c2)o1)c1ccc(Br)cc1. The number of hydrogen-bond donors (Lipinski definition) is 1. The summed E-state index contributed by atoms with van der Waals surface area (Å²) in [4.78, 5) is 11.9. The van der Waals surface area contributed by atoms with Crippen LogP contribution in [0.4, 0.5) is 0 Å². The van der Waals surface area contributed by atoms with Crippen molar-refractivity contribution in [3.63, 3.8) is 0 Å². The van der Waals surface area contributed by atoms with E-state index in [0.717, 1.165) is 10.0 Å². The second kappa shape index (κ2) is 7.47. The second-order valence-electron chi connectivity index (χ2n) is 4.92. The maximum absolute atomic E-state index is 11.9. The normalized spacial score (nSPS) is 10.9. The number of amides is 1. The Hall–Kier alpha value is -2.37. The quantitative estimate of drug-likeness (QED) is 0.485. The minimum atomic E-state index is -0.291. The second-order valence-corrected chi connectivity index (χ2v) is 6.27. The van der Waals surface area contributed by atoms with Crippen molar-refractivity contribution in [2.45, 2.75) is 0 Å². The summed E-state index contributed by atoms with van der Waals surface area (Å²) in [5.74, 6) is 0.916. The molecule has 120 valence electrons. The molecule has 24 heavy (non-hydrogen) atoms. The van der Waals surface area contributed by atoms with Gasteiger partial charge >= 0.3 is 0 Å². The third-order valence-corrected chi connectivity index (χ3v) is 3.96. The van der Waals surface area contributed by atoms with Crippen molar-refractivity contribution in [1.29, 1.82) is 0 Å². The van der Waals surface area contributed by atoms with Crippen molar-refractivity contribution in [3.8, 4) is 11.3 Å². The van der Waals surface area contributed by atoms with E-state index >= 15 is 0 Å². The molecule has 0 unspecified atom stereocenters. The lowest BCUT2D eigenvalue weighted by atomic mass is 10.2. The minimum absolute atomic E-state index is 0.291. The number of rotatable bonds is 4. The van der Waals surface area contributed by atoms with Gasteiger partial charge in [0.1, 0.15) is 11.5 Å². The Morgan fingerprint density at radius 3 is 2.67 bits per heavy atom. The van der Waals surface area contributed by atoms with Gasteiger partial charge in [0, 0.05) is 20.6 Å². The highest BCUT2D eigenvalue weighted by atomic mass is 79.9. The number of hydrazone groups is 1. The first kappa shape index (κ1) is 16.5. The number of halogens is 2. The standard InChI is InChI=1S/C18H12BrClN2O2/c19-14-6-4-12(5-7-14)18(23)22-21-11-16-8-9-17(24-16)13-2-1-3-15(20)10-13/h1-11H,(H,22,23)/b21-11-. The fraction of sp³-hybridized carbons (Fsp3) is 0. The van der Waals surface area contributed by atoms with E-state index in [1.165, 1.54) is 6.21 Å². The Morgan fingerprint density at radius 1 is 1.12 bits per heavy atom. The highest BCUT2D eigenvalue weighted by molar-refractivity contribution is 9.10. The van der Waals surface area contributed by atoms with Gasteiger partial charge in [0.15, 0.2) is 0 Å². The van der Waals surface area contributed by atoms with Crippen LogP contribution in [0.15, 0.2) is 74.7 Å². The van der Waals surface area contributed by atoms with Gasteiger partial charge in [-0.2, -0.15) is 5.10 Å². The topological polar surface area (TPSA) is 54.6 Å². The van der Waals surface area contributed by atoms with Crippen LogP contribution in [0.1, 0.15) is 16.1 Å². The van der Waals surface area contributed by atoms with Gasteiger partial charge in [0.25, 0.3) is 5.91 Å². The predicted octanol–water partition coefficient (Wildman–Crippen LogP) is 5.13. The summed E-state index contributed by atoms with van der Waals surface area (Å²) in [6, 6.07) is 18.0. The van der Waals surface area contributed by atoms with Crippen LogP contribution in [0, 0.1) is 0 Å². The molecule has 0 saturated heterocycles. The number of carbonyl (C=O) groups is 1. The molecule has 0 fully saturated rings. The van der Waals surface area contributed by atoms with Gasteiger partial charge in [-0.1, -0.05) is 39.7 Å². The molecule has 0 aliphatic carbocycles. The fourth-order valence-electron chi connectivity index (χ4n) is 2.04. The van der Waals surface area contributed by atoms with Crippen LogP contribution in [0.5, 0.6) is 0 Å². The molecule has 6 heteroatoms. The van der Waals surface area contributed by atoms with Gasteiger partial charge in [-0.05, 0) is 48.5 Å². The number of benzene rings is 2. The minimum Gasteiger partial charge on any atom is -0.455 e. The van der Waals surface area contributed by atoms with E-state index < -0.39 is 0 Å². The summed E-state index contributed by atoms with van der Waals surface area (Å²) in [5, 5.41) is 4.55. The molecule has 0 aliphatic heterocycles. The molecule has 1 N–H and O–H groups in total. The molecular formula is C18H12BrClN2O2. The number of nitrogens with one attached hydrogen (secondary N) is 1. The molecule has 1 amide bonds. The first-order chi connectivity index (χ1) is 11.6. The monoisotopic (exact) mass is 402 g/mol. The Balaban J connectivity index is 1.65. The Labute approximate surface area is 152 Å². The van der Waals surface area contributed by atoms with Crippen molar-refractivity contribution >= 4 is 39.7 Å². The zero-order valence-electron chi connectivity index (χ0n) is 12.4. The first-order valence-corrected chi connectivity index (χ1v) is 8.24. The maximum atomic E-state index is 11.9. The Morgan fingerprint density at radius 2 is 1.92 bits per heavy atom. The van der Waals surface area contributed by atoms with Crippen LogP contribution < -0.4 is 5.43 Å². The summed E-state index contributed by atoms with van der Waals surface area (Å²) >= 11 is 9.29. The van der Waals surface area contributed by atoms with Crippen LogP contribution in [-0.4, -0.2) is 12.1 Å². The van der Waals surface area contributed by atoms with Gasteiger partial charge in [0.2, 0.25) is 0 Å². The van der Waals surface area contributed by atoms with E-state index in [-0.39, 0.29) is 5.91 Å². The summed E-state index contributed by atoms with van der Waals surface area (Å²) in [5.41, 5.74) is 3.86. The third-order valence-electron chi connectivity index (χ3n) is 3.20. The maximum Gasteiger partial charge on any atom is 0.271 e. The number of hydrogen-bond acceptors (Lipinski definition) is 3. The first-order valence-electron chi connectivity index (χ1n) is 7.06. The highest BCUT2D eigenvalue weighted by Gasteiger charge is 2.05. The van der Waals surface area contributed by atoms with E-state index in [0.29, 0.717) is 22.1 Å². The smallest absolute Gasteiger partial charge is 0.271 e. The molecule has 0 atom stereocenters. The largest absolute Gasteiger partial charge is 0.455 e. The lowest BCUT2D eigenvalue weighted by Gasteiger charge is -1.99. The number of carbonyl (C=O) groups excluding carboxylic acids is 1. The third kappa shape index (κ3) is 4.13. The molecule has 4 nitrogen and oxygen atoms in total. The van der Waals surface area contributed by atoms with Gasteiger partial charge in [-0.3, -0.25) is 4.79 Å². The summed E-state index contributed by atoms with van der Waals surface area (Å²) in [6.07, 6.45) is 1.45. The molecule has 0 spiro atoms. The van der Waals surface area contributed by atoms with Crippen LogP contribution in [0.3, 0.4) is 0 Å². The zero-order valence-corrected chi connectivity index (χ0v) is 14.7. The van der Waals surface area contributed by atoms with E-state index in [1.807, 2.05) is 24.3 Å². The summed E-state index contributed by atoms with van der Waals surface area (Å²) in [6.45, 7) is 0. The molecular weight excluding hydrogens is 392 g/mol. The van der Waals surface area contributed by atoms with Crippen LogP contribution >= 0.6 is 27.5 Å². The van der Waals surface area contributed by atoms with E-state index in [9.17, 15) is 4.79 Å². The molecule has 3 rings (SSSR count). The van der Waals surface area contributed by atoms with Crippen molar-refractivity contribution in [1.82, 2.24) is 5.43 Å². The molecule has 3 aromatic rings. The van der Waals surface area contributed by atoms with Crippen molar-refractivity contribution in [2.75, 3.05) is 0 Å². The van der Waals surface area contributed by atoms with Crippen molar-refractivity contribution < 1.29 is 9.21 Å². The Kier molecular flexibility index (Phi) is 5.13. The lowest BCUT2D eigenvalue weighted by Crippen LogP contribution is -2.17.